The van der Waals surface area contributed by atoms with Crippen molar-refractivity contribution in [2.45, 2.75) is 38.6 Å². The first-order valence-electron chi connectivity index (χ1n) is 5.54. The van der Waals surface area contributed by atoms with Crippen LogP contribution in [-0.2, 0) is 0 Å². The van der Waals surface area contributed by atoms with Gasteiger partial charge in [-0.15, -0.1) is 0 Å². The van der Waals surface area contributed by atoms with E-state index in [1.165, 1.54) is 12.8 Å². The predicted molar refractivity (Wildman–Crippen MR) is 65.1 cm³/mol. The minimum atomic E-state index is 0.162. The molecule has 0 bridgehead atoms. The van der Waals surface area contributed by atoms with Crippen LogP contribution in [0.4, 0.5) is 5.95 Å². The lowest BCUT2D eigenvalue weighted by Crippen LogP contribution is -2.40. The summed E-state index contributed by atoms with van der Waals surface area (Å²) in [4.78, 5) is 14.2. The summed E-state index contributed by atoms with van der Waals surface area (Å²) < 4.78 is 0. The molecule has 0 saturated carbocycles. The average Bonchev–Trinajstić information content (AvgIpc) is 2.27. The van der Waals surface area contributed by atoms with Gasteiger partial charge in [0.15, 0.2) is 0 Å². The second kappa shape index (κ2) is 5.15. The maximum absolute atomic E-state index is 5.79. The Morgan fingerprint density at radius 3 is 2.50 bits per heavy atom. The molecule has 2 heterocycles. The molecule has 1 saturated heterocycles. The Morgan fingerprint density at radius 2 is 1.88 bits per heavy atom. The van der Waals surface area contributed by atoms with E-state index in [-0.39, 0.29) is 10.6 Å². The number of halogens is 2. The van der Waals surface area contributed by atoms with Gasteiger partial charge in [0.1, 0.15) is 0 Å². The van der Waals surface area contributed by atoms with E-state index in [9.17, 15) is 0 Å². The molecule has 6 heteroatoms. The highest BCUT2D eigenvalue weighted by Gasteiger charge is 2.23. The SMILES string of the molecule is CCC1CCCCN1c1nc(Cl)nc(Cl)n1. The fraction of sp³-hybridized carbons (Fsp3) is 0.700. The monoisotopic (exact) mass is 260 g/mol. The molecule has 88 valence electrons. The van der Waals surface area contributed by atoms with Gasteiger partial charge in [-0.05, 0) is 48.9 Å². The fourth-order valence-corrected chi connectivity index (χ4v) is 2.49. The third kappa shape index (κ3) is 2.55. The molecule has 0 N–H and O–H groups in total. The molecule has 16 heavy (non-hydrogen) atoms. The second-order valence-corrected chi connectivity index (χ2v) is 4.60. The molecule has 1 aromatic rings. The zero-order valence-electron chi connectivity index (χ0n) is 9.16. The van der Waals surface area contributed by atoms with Gasteiger partial charge in [-0.2, -0.15) is 15.0 Å². The van der Waals surface area contributed by atoms with Crippen molar-refractivity contribution >= 4 is 29.2 Å². The molecule has 1 aliphatic heterocycles. The zero-order chi connectivity index (χ0) is 11.5. The van der Waals surface area contributed by atoms with Crippen molar-refractivity contribution in [3.05, 3.63) is 10.6 Å². The Bertz CT molecular complexity index is 352. The lowest BCUT2D eigenvalue weighted by Gasteiger charge is -2.35. The summed E-state index contributed by atoms with van der Waals surface area (Å²) in [6.07, 6.45) is 4.69. The molecule has 0 amide bonds. The molecule has 0 aromatic carbocycles. The Kier molecular flexibility index (Phi) is 3.82. The molecule has 0 spiro atoms. The Balaban J connectivity index is 2.26. The van der Waals surface area contributed by atoms with Gasteiger partial charge in [0, 0.05) is 12.6 Å². The zero-order valence-corrected chi connectivity index (χ0v) is 10.7. The van der Waals surface area contributed by atoms with Gasteiger partial charge in [0.05, 0.1) is 0 Å². The summed E-state index contributed by atoms with van der Waals surface area (Å²) in [7, 11) is 0. The fourth-order valence-electron chi connectivity index (χ4n) is 2.13. The van der Waals surface area contributed by atoms with E-state index in [2.05, 4.69) is 26.8 Å². The van der Waals surface area contributed by atoms with Crippen LogP contribution >= 0.6 is 23.2 Å². The normalized spacial score (nSPS) is 21.2. The van der Waals surface area contributed by atoms with Gasteiger partial charge in [-0.1, -0.05) is 6.92 Å². The largest absolute Gasteiger partial charge is 0.338 e. The van der Waals surface area contributed by atoms with Gasteiger partial charge < -0.3 is 4.90 Å². The maximum atomic E-state index is 5.79. The summed E-state index contributed by atoms with van der Waals surface area (Å²) in [6.45, 7) is 3.14. The van der Waals surface area contributed by atoms with Crippen LogP contribution in [-0.4, -0.2) is 27.5 Å². The van der Waals surface area contributed by atoms with E-state index in [1.807, 2.05) is 0 Å². The smallest absolute Gasteiger partial charge is 0.231 e. The van der Waals surface area contributed by atoms with Crippen LogP contribution in [0.1, 0.15) is 32.6 Å². The highest BCUT2D eigenvalue weighted by atomic mass is 35.5. The first kappa shape index (κ1) is 11.9. The quantitative estimate of drug-likeness (QED) is 0.820. The molecule has 1 atom stereocenters. The van der Waals surface area contributed by atoms with E-state index in [1.54, 1.807) is 0 Å². The summed E-state index contributed by atoms with van der Waals surface area (Å²) in [5.74, 6) is 0.608. The van der Waals surface area contributed by atoms with Crippen molar-refractivity contribution in [3.8, 4) is 0 Å². The lowest BCUT2D eigenvalue weighted by atomic mass is 10.0. The minimum Gasteiger partial charge on any atom is -0.338 e. The average molecular weight is 261 g/mol. The van der Waals surface area contributed by atoms with Crippen molar-refractivity contribution < 1.29 is 0 Å². The van der Waals surface area contributed by atoms with Crippen LogP contribution in [0.3, 0.4) is 0 Å². The lowest BCUT2D eigenvalue weighted by molar-refractivity contribution is 0.443. The number of hydrogen-bond acceptors (Lipinski definition) is 4. The highest BCUT2D eigenvalue weighted by Crippen LogP contribution is 2.24. The van der Waals surface area contributed by atoms with E-state index in [4.69, 9.17) is 23.2 Å². The van der Waals surface area contributed by atoms with Crippen LogP contribution in [0.25, 0.3) is 0 Å². The number of anilines is 1. The van der Waals surface area contributed by atoms with Crippen LogP contribution in [0.5, 0.6) is 0 Å². The van der Waals surface area contributed by atoms with E-state index in [0.717, 1.165) is 19.4 Å². The van der Waals surface area contributed by atoms with Gasteiger partial charge in [0.2, 0.25) is 16.5 Å². The molecule has 1 aromatic heterocycles. The van der Waals surface area contributed by atoms with E-state index < -0.39 is 0 Å². The van der Waals surface area contributed by atoms with Crippen LogP contribution in [0.15, 0.2) is 0 Å². The van der Waals surface area contributed by atoms with Crippen molar-refractivity contribution in [1.29, 1.82) is 0 Å². The second-order valence-electron chi connectivity index (χ2n) is 3.92. The Labute approximate surface area is 105 Å². The van der Waals surface area contributed by atoms with Crippen molar-refractivity contribution in [1.82, 2.24) is 15.0 Å². The first-order chi connectivity index (χ1) is 7.70. The van der Waals surface area contributed by atoms with Crippen LogP contribution in [0.2, 0.25) is 10.6 Å². The Hall–Kier alpha value is -0.610. The molecule has 1 aliphatic rings. The molecule has 1 unspecified atom stereocenters. The summed E-state index contributed by atoms with van der Waals surface area (Å²) >= 11 is 11.6. The highest BCUT2D eigenvalue weighted by molar-refractivity contribution is 6.31. The van der Waals surface area contributed by atoms with Gasteiger partial charge in [0.25, 0.3) is 0 Å². The standard InChI is InChI=1S/C10H14Cl2N4/c1-2-7-5-3-4-6-16(7)10-14-8(11)13-9(12)15-10/h7H,2-6H2,1H3. The number of rotatable bonds is 2. The summed E-state index contributed by atoms with van der Waals surface area (Å²) in [5, 5.41) is 0.325. The number of nitrogens with zero attached hydrogens (tertiary/aromatic N) is 4. The van der Waals surface area contributed by atoms with Crippen LogP contribution < -0.4 is 4.90 Å². The predicted octanol–water partition coefficient (Wildman–Crippen LogP) is 2.95. The van der Waals surface area contributed by atoms with Crippen molar-refractivity contribution in [2.75, 3.05) is 11.4 Å². The number of hydrogen-bond donors (Lipinski definition) is 0. The summed E-state index contributed by atoms with van der Waals surface area (Å²) in [6, 6.07) is 0.489. The summed E-state index contributed by atoms with van der Waals surface area (Å²) in [5.41, 5.74) is 0. The number of piperidine rings is 1. The van der Waals surface area contributed by atoms with Crippen LogP contribution in [0, 0.1) is 0 Å². The maximum Gasteiger partial charge on any atom is 0.231 e. The van der Waals surface area contributed by atoms with Crippen molar-refractivity contribution in [3.63, 3.8) is 0 Å². The van der Waals surface area contributed by atoms with Gasteiger partial charge in [-0.3, -0.25) is 0 Å². The molecule has 4 nitrogen and oxygen atoms in total. The Morgan fingerprint density at radius 1 is 1.19 bits per heavy atom. The molecule has 0 radical (unpaired) electrons. The third-order valence-corrected chi connectivity index (χ3v) is 3.26. The molecule has 2 rings (SSSR count). The molecular formula is C10H14Cl2N4. The minimum absolute atomic E-state index is 0.162. The molecule has 0 aliphatic carbocycles. The first-order valence-corrected chi connectivity index (χ1v) is 6.30. The molecular weight excluding hydrogens is 247 g/mol. The van der Waals surface area contributed by atoms with Gasteiger partial charge in [-0.25, -0.2) is 0 Å². The van der Waals surface area contributed by atoms with E-state index in [0.29, 0.717) is 12.0 Å². The molecule has 1 fully saturated rings. The van der Waals surface area contributed by atoms with Gasteiger partial charge >= 0.3 is 0 Å². The number of aromatic nitrogens is 3. The third-order valence-electron chi connectivity index (χ3n) is 2.92. The van der Waals surface area contributed by atoms with E-state index >= 15 is 0 Å². The topological polar surface area (TPSA) is 41.9 Å². The van der Waals surface area contributed by atoms with Crippen molar-refractivity contribution in [2.24, 2.45) is 0 Å².